The van der Waals surface area contributed by atoms with Crippen LogP contribution in [-0.2, 0) is 6.42 Å². The molecule has 1 aliphatic heterocycles. The highest BCUT2D eigenvalue weighted by Gasteiger charge is 2.17. The number of rotatable bonds is 5. The van der Waals surface area contributed by atoms with E-state index in [2.05, 4.69) is 40.3 Å². The molecule has 0 unspecified atom stereocenters. The number of hydrogen-bond donors (Lipinski definition) is 1. The summed E-state index contributed by atoms with van der Waals surface area (Å²) in [4.78, 5) is 9.75. The van der Waals surface area contributed by atoms with Crippen molar-refractivity contribution in [2.45, 2.75) is 13.3 Å². The number of amidine groups is 2. The van der Waals surface area contributed by atoms with Gasteiger partial charge in [-0.1, -0.05) is 41.1 Å². The fourth-order valence-electron chi connectivity index (χ4n) is 3.25. The number of halogens is 1. The minimum atomic E-state index is 0.641. The van der Waals surface area contributed by atoms with Gasteiger partial charge in [-0.15, -0.1) is 0 Å². The molecule has 6 heteroatoms. The first-order chi connectivity index (χ1) is 14.6. The third-order valence-electron chi connectivity index (χ3n) is 4.93. The Hall–Kier alpha value is -3.12. The van der Waals surface area contributed by atoms with Gasteiger partial charge in [0.05, 0.1) is 25.6 Å². The number of nitrogens with one attached hydrogen (secondary N) is 1. The van der Waals surface area contributed by atoms with Gasteiger partial charge in [0.15, 0.2) is 17.3 Å². The smallest absolute Gasteiger partial charge is 0.162 e. The lowest BCUT2D eigenvalue weighted by Gasteiger charge is -2.13. The number of benzene rings is 3. The van der Waals surface area contributed by atoms with E-state index >= 15 is 0 Å². The summed E-state index contributed by atoms with van der Waals surface area (Å²) in [6.45, 7) is 2.14. The quantitative estimate of drug-likeness (QED) is 0.506. The van der Waals surface area contributed by atoms with Crippen LogP contribution in [0.15, 0.2) is 75.1 Å². The Morgan fingerprint density at radius 1 is 0.833 bits per heavy atom. The van der Waals surface area contributed by atoms with E-state index in [9.17, 15) is 0 Å². The van der Waals surface area contributed by atoms with E-state index in [1.165, 1.54) is 5.56 Å². The molecule has 0 radical (unpaired) electrons. The molecule has 0 saturated carbocycles. The van der Waals surface area contributed by atoms with Gasteiger partial charge in [-0.25, -0.2) is 9.98 Å². The molecule has 1 aliphatic rings. The Bertz CT molecular complexity index is 1140. The summed E-state index contributed by atoms with van der Waals surface area (Å²) in [5.41, 5.74) is 4.83. The topological polar surface area (TPSA) is 55.2 Å². The predicted octanol–water partition coefficient (Wildman–Crippen LogP) is 5.98. The van der Waals surface area contributed by atoms with Gasteiger partial charge in [0.2, 0.25) is 0 Å². The third-order valence-corrected chi connectivity index (χ3v) is 5.45. The summed E-state index contributed by atoms with van der Waals surface area (Å²) in [6.07, 6.45) is 0.946. The van der Waals surface area contributed by atoms with Crippen molar-refractivity contribution in [3.05, 3.63) is 81.8 Å². The number of ether oxygens (including phenoxy) is 2. The first kappa shape index (κ1) is 20.2. The summed E-state index contributed by atoms with van der Waals surface area (Å²) in [6, 6.07) is 20.0. The number of aliphatic imine (C=N–C) groups is 2. The van der Waals surface area contributed by atoms with Crippen LogP contribution in [0.2, 0.25) is 0 Å². The van der Waals surface area contributed by atoms with Gasteiger partial charge < -0.3 is 14.8 Å². The maximum absolute atomic E-state index is 5.49. The van der Waals surface area contributed by atoms with Crippen LogP contribution >= 0.6 is 15.9 Å². The lowest BCUT2D eigenvalue weighted by Crippen LogP contribution is -2.15. The van der Waals surface area contributed by atoms with Crippen LogP contribution in [0, 0.1) is 0 Å². The van der Waals surface area contributed by atoms with Crippen molar-refractivity contribution in [2.24, 2.45) is 9.98 Å². The molecule has 0 aromatic heterocycles. The highest BCUT2D eigenvalue weighted by Crippen LogP contribution is 2.32. The van der Waals surface area contributed by atoms with E-state index in [1.807, 2.05) is 48.5 Å². The normalized spacial score (nSPS) is 12.8. The van der Waals surface area contributed by atoms with Gasteiger partial charge in [-0.2, -0.15) is 0 Å². The molecule has 0 aliphatic carbocycles. The molecule has 30 heavy (non-hydrogen) atoms. The lowest BCUT2D eigenvalue weighted by molar-refractivity contribution is 0.355. The zero-order chi connectivity index (χ0) is 21.1. The monoisotopic (exact) mass is 463 g/mol. The molecule has 0 spiro atoms. The van der Waals surface area contributed by atoms with Crippen LogP contribution in [0.25, 0.3) is 0 Å². The van der Waals surface area contributed by atoms with Crippen molar-refractivity contribution in [1.29, 1.82) is 0 Å². The minimum absolute atomic E-state index is 0.641. The summed E-state index contributed by atoms with van der Waals surface area (Å²) < 4.78 is 11.9. The van der Waals surface area contributed by atoms with E-state index < -0.39 is 0 Å². The van der Waals surface area contributed by atoms with E-state index in [-0.39, 0.29) is 0 Å². The minimum Gasteiger partial charge on any atom is -0.493 e. The molecule has 0 bridgehead atoms. The maximum Gasteiger partial charge on any atom is 0.162 e. The zero-order valence-electron chi connectivity index (χ0n) is 17.1. The number of fused-ring (bicyclic) bond motifs is 1. The van der Waals surface area contributed by atoms with Crippen LogP contribution in [-0.4, -0.2) is 25.9 Å². The van der Waals surface area contributed by atoms with Crippen LogP contribution in [0.5, 0.6) is 11.5 Å². The SMILES string of the molecule is CCc1ccc2c(c1)NC(c1ccc(OC)c(OC)c1)=NC(c1ccc(Br)cc1)=N2. The first-order valence-corrected chi connectivity index (χ1v) is 10.5. The molecule has 3 aromatic carbocycles. The second-order valence-corrected chi connectivity index (χ2v) is 7.72. The number of hydrogen-bond acceptors (Lipinski definition) is 5. The average molecular weight is 464 g/mol. The van der Waals surface area contributed by atoms with E-state index in [0.717, 1.165) is 33.4 Å². The summed E-state index contributed by atoms with van der Waals surface area (Å²) in [5, 5.41) is 3.48. The van der Waals surface area contributed by atoms with E-state index in [1.54, 1.807) is 14.2 Å². The van der Waals surface area contributed by atoms with Crippen molar-refractivity contribution >= 4 is 39.0 Å². The standard InChI is InChI=1S/C24H22BrN3O2/c1-4-15-5-11-19-20(13-15)27-24(17-8-12-21(29-2)22(14-17)30-3)28-23(26-19)16-6-9-18(25)10-7-16/h5-14H,4H2,1-3H3,(H,26,27,28). The van der Waals surface area contributed by atoms with Crippen molar-refractivity contribution in [3.8, 4) is 11.5 Å². The molecule has 0 fully saturated rings. The molecular weight excluding hydrogens is 442 g/mol. The summed E-state index contributed by atoms with van der Waals surface area (Å²) in [5.74, 6) is 2.66. The van der Waals surface area contributed by atoms with Crippen LogP contribution < -0.4 is 14.8 Å². The van der Waals surface area contributed by atoms with Crippen molar-refractivity contribution in [3.63, 3.8) is 0 Å². The molecule has 0 saturated heterocycles. The Morgan fingerprint density at radius 3 is 2.27 bits per heavy atom. The molecule has 1 heterocycles. The van der Waals surface area contributed by atoms with Gasteiger partial charge in [0.25, 0.3) is 0 Å². The Labute approximate surface area is 184 Å². The Kier molecular flexibility index (Phi) is 5.86. The number of anilines is 1. The molecule has 0 amide bonds. The number of methoxy groups -OCH3 is 2. The predicted molar refractivity (Wildman–Crippen MR) is 126 cm³/mol. The maximum atomic E-state index is 5.49. The van der Waals surface area contributed by atoms with Gasteiger partial charge in [0.1, 0.15) is 5.84 Å². The fourth-order valence-corrected chi connectivity index (χ4v) is 3.51. The molecule has 3 aromatic rings. The Morgan fingerprint density at radius 2 is 1.57 bits per heavy atom. The summed E-state index contributed by atoms with van der Waals surface area (Å²) >= 11 is 3.49. The van der Waals surface area contributed by atoms with Gasteiger partial charge in [-0.05, 0) is 54.4 Å². The molecular formula is C24H22BrN3O2. The molecule has 152 valence electrons. The molecule has 5 nitrogen and oxygen atoms in total. The largest absolute Gasteiger partial charge is 0.493 e. The molecule has 1 N–H and O–H groups in total. The van der Waals surface area contributed by atoms with Gasteiger partial charge in [0, 0.05) is 15.6 Å². The lowest BCUT2D eigenvalue weighted by atomic mass is 10.1. The van der Waals surface area contributed by atoms with Crippen LogP contribution in [0.4, 0.5) is 11.4 Å². The fraction of sp³-hybridized carbons (Fsp3) is 0.167. The Balaban J connectivity index is 1.87. The van der Waals surface area contributed by atoms with Crippen molar-refractivity contribution < 1.29 is 9.47 Å². The highest BCUT2D eigenvalue weighted by molar-refractivity contribution is 9.10. The van der Waals surface area contributed by atoms with Gasteiger partial charge >= 0.3 is 0 Å². The van der Waals surface area contributed by atoms with Crippen LogP contribution in [0.3, 0.4) is 0 Å². The van der Waals surface area contributed by atoms with E-state index in [4.69, 9.17) is 19.5 Å². The second kappa shape index (κ2) is 8.71. The van der Waals surface area contributed by atoms with Crippen molar-refractivity contribution in [2.75, 3.05) is 19.5 Å². The van der Waals surface area contributed by atoms with E-state index in [0.29, 0.717) is 23.2 Å². The highest BCUT2D eigenvalue weighted by atomic mass is 79.9. The molecule has 0 atom stereocenters. The number of nitrogens with zero attached hydrogens (tertiary/aromatic N) is 2. The first-order valence-electron chi connectivity index (χ1n) is 9.67. The second-order valence-electron chi connectivity index (χ2n) is 6.80. The van der Waals surface area contributed by atoms with Crippen LogP contribution in [0.1, 0.15) is 23.6 Å². The third kappa shape index (κ3) is 4.09. The summed E-state index contributed by atoms with van der Waals surface area (Å²) in [7, 11) is 3.25. The average Bonchev–Trinajstić information content (AvgIpc) is 2.98. The van der Waals surface area contributed by atoms with Crippen molar-refractivity contribution in [1.82, 2.24) is 0 Å². The number of aryl methyl sites for hydroxylation is 1. The zero-order valence-corrected chi connectivity index (χ0v) is 18.7. The van der Waals surface area contributed by atoms with Gasteiger partial charge in [-0.3, -0.25) is 0 Å². The molecule has 4 rings (SSSR count).